The van der Waals surface area contributed by atoms with Gasteiger partial charge in [0.05, 0.1) is 24.8 Å². The highest BCUT2D eigenvalue weighted by molar-refractivity contribution is 6.02. The Morgan fingerprint density at radius 2 is 1.97 bits per heavy atom. The van der Waals surface area contributed by atoms with Crippen LogP contribution < -0.4 is 15.5 Å². The van der Waals surface area contributed by atoms with Crippen LogP contribution in [0.15, 0.2) is 41.1 Å². The van der Waals surface area contributed by atoms with Gasteiger partial charge in [-0.3, -0.25) is 9.59 Å². The largest absolute Gasteiger partial charge is 0.466 e. The molecule has 31 heavy (non-hydrogen) atoms. The number of amides is 3. The molecule has 166 valence electrons. The van der Waals surface area contributed by atoms with Gasteiger partial charge in [-0.25, -0.2) is 9.78 Å². The number of nitrogens with one attached hydrogen (secondary N) is 2. The first kappa shape index (κ1) is 22.1. The molecule has 10 heteroatoms. The first-order chi connectivity index (χ1) is 15.1. The van der Waals surface area contributed by atoms with Gasteiger partial charge in [-0.1, -0.05) is 0 Å². The second-order valence-corrected chi connectivity index (χ2v) is 6.95. The molecule has 0 radical (unpaired) electrons. The number of urea groups is 1. The van der Waals surface area contributed by atoms with Gasteiger partial charge >= 0.3 is 12.0 Å². The number of ether oxygens (including phenoxy) is 1. The molecule has 2 aromatic rings. The highest BCUT2D eigenvalue weighted by Gasteiger charge is 2.21. The number of hydrogen-bond acceptors (Lipinski definition) is 7. The third-order valence-corrected chi connectivity index (χ3v) is 4.78. The fourth-order valence-electron chi connectivity index (χ4n) is 3.16. The van der Waals surface area contributed by atoms with E-state index in [0.717, 1.165) is 5.82 Å². The molecule has 1 aliphatic heterocycles. The zero-order chi connectivity index (χ0) is 22.1. The third-order valence-electron chi connectivity index (χ3n) is 4.78. The number of carbonyl (C=O) groups excluding carboxylic acids is 3. The van der Waals surface area contributed by atoms with Gasteiger partial charge in [0.1, 0.15) is 5.82 Å². The fourth-order valence-corrected chi connectivity index (χ4v) is 3.16. The highest BCUT2D eigenvalue weighted by atomic mass is 16.5. The number of nitrogens with zero attached hydrogens (tertiary/aromatic N) is 3. The number of hydrogen-bond donors (Lipinski definition) is 2. The molecule has 2 N–H and O–H groups in total. The summed E-state index contributed by atoms with van der Waals surface area (Å²) < 4.78 is 9.93. The Morgan fingerprint density at radius 3 is 2.61 bits per heavy atom. The van der Waals surface area contributed by atoms with Crippen LogP contribution in [0.2, 0.25) is 0 Å². The molecule has 3 heterocycles. The van der Waals surface area contributed by atoms with Gasteiger partial charge < -0.3 is 29.6 Å². The number of esters is 1. The number of carbonyl (C=O) groups is 3. The highest BCUT2D eigenvalue weighted by Crippen LogP contribution is 2.17. The van der Waals surface area contributed by atoms with Gasteiger partial charge in [0.2, 0.25) is 0 Å². The number of anilines is 2. The number of pyridine rings is 1. The minimum absolute atomic E-state index is 0.132. The average molecular weight is 429 g/mol. The Balaban J connectivity index is 1.39. The number of piperazine rings is 1. The summed E-state index contributed by atoms with van der Waals surface area (Å²) >= 11 is 0. The second-order valence-electron chi connectivity index (χ2n) is 6.95. The van der Waals surface area contributed by atoms with Crippen molar-refractivity contribution in [1.82, 2.24) is 15.2 Å². The summed E-state index contributed by atoms with van der Waals surface area (Å²) in [5.74, 6) is 0.440. The molecule has 2 aromatic heterocycles. The van der Waals surface area contributed by atoms with E-state index in [2.05, 4.69) is 20.5 Å². The van der Waals surface area contributed by atoms with Crippen molar-refractivity contribution in [3.05, 3.63) is 42.5 Å². The van der Waals surface area contributed by atoms with Crippen LogP contribution in [0.3, 0.4) is 0 Å². The quantitative estimate of drug-likeness (QED) is 0.487. The lowest BCUT2D eigenvalue weighted by molar-refractivity contribution is -0.143. The minimum atomic E-state index is -0.332. The lowest BCUT2D eigenvalue weighted by atomic mass is 10.3. The van der Waals surface area contributed by atoms with E-state index in [1.54, 1.807) is 36.2 Å². The molecule has 0 aliphatic carbocycles. The maximum atomic E-state index is 12.3. The van der Waals surface area contributed by atoms with Crippen LogP contribution >= 0.6 is 0 Å². The molecule has 0 saturated carbocycles. The summed E-state index contributed by atoms with van der Waals surface area (Å²) in [5.41, 5.74) is 0.575. The van der Waals surface area contributed by atoms with Crippen LogP contribution in [0.5, 0.6) is 0 Å². The summed E-state index contributed by atoms with van der Waals surface area (Å²) in [4.78, 5) is 43.8. The molecule has 0 aromatic carbocycles. The summed E-state index contributed by atoms with van der Waals surface area (Å²) in [5, 5.41) is 5.57. The standard InChI is InChI=1S/C21H27N5O5/c1-2-30-19(27)6-3-9-22-21(29)26-12-10-25(11-13-26)18-8-7-16(15-23-18)24-20(28)17-5-4-14-31-17/h4-5,7-8,14-15H,2-3,6,9-13H2,1H3,(H,22,29)(H,24,28). The maximum absolute atomic E-state index is 12.3. The summed E-state index contributed by atoms with van der Waals surface area (Å²) in [6.45, 7) is 5.02. The lowest BCUT2D eigenvalue weighted by Crippen LogP contribution is -2.52. The Morgan fingerprint density at radius 1 is 1.16 bits per heavy atom. The van der Waals surface area contributed by atoms with E-state index in [9.17, 15) is 14.4 Å². The lowest BCUT2D eigenvalue weighted by Gasteiger charge is -2.35. The number of aromatic nitrogens is 1. The summed E-state index contributed by atoms with van der Waals surface area (Å²) in [6.07, 6.45) is 3.89. The Kier molecular flexibility index (Phi) is 7.85. The number of furan rings is 1. The predicted octanol–water partition coefficient (Wildman–Crippen LogP) is 2.10. The predicted molar refractivity (Wildman–Crippen MR) is 114 cm³/mol. The molecule has 3 amide bonds. The molecule has 0 atom stereocenters. The van der Waals surface area contributed by atoms with E-state index in [4.69, 9.17) is 9.15 Å². The van der Waals surface area contributed by atoms with Gasteiger partial charge in [-0.2, -0.15) is 0 Å². The van der Waals surface area contributed by atoms with Crippen LogP contribution in [-0.4, -0.2) is 67.1 Å². The fraction of sp³-hybridized carbons (Fsp3) is 0.429. The van der Waals surface area contributed by atoms with Crippen molar-refractivity contribution in [3.8, 4) is 0 Å². The van der Waals surface area contributed by atoms with E-state index in [1.807, 2.05) is 6.07 Å². The van der Waals surface area contributed by atoms with Crippen molar-refractivity contribution in [1.29, 1.82) is 0 Å². The van der Waals surface area contributed by atoms with E-state index >= 15 is 0 Å². The van der Waals surface area contributed by atoms with Crippen molar-refractivity contribution < 1.29 is 23.5 Å². The van der Waals surface area contributed by atoms with E-state index in [-0.39, 0.29) is 23.7 Å². The van der Waals surface area contributed by atoms with Gasteiger partial charge in [-0.15, -0.1) is 0 Å². The van der Waals surface area contributed by atoms with Gasteiger partial charge in [0.25, 0.3) is 5.91 Å². The van der Waals surface area contributed by atoms with Crippen molar-refractivity contribution in [3.63, 3.8) is 0 Å². The molecular formula is C21H27N5O5. The van der Waals surface area contributed by atoms with Crippen molar-refractivity contribution in [2.75, 3.05) is 49.5 Å². The summed E-state index contributed by atoms with van der Waals surface area (Å²) in [6, 6.07) is 6.73. The Hall–Kier alpha value is -3.56. The van der Waals surface area contributed by atoms with Crippen molar-refractivity contribution in [2.45, 2.75) is 19.8 Å². The second kappa shape index (κ2) is 11.0. The SMILES string of the molecule is CCOC(=O)CCCNC(=O)N1CCN(c2ccc(NC(=O)c3ccco3)cn2)CC1. The third kappa shape index (κ3) is 6.46. The molecule has 0 bridgehead atoms. The monoisotopic (exact) mass is 429 g/mol. The topological polar surface area (TPSA) is 117 Å². The molecule has 1 aliphatic rings. The Labute approximate surface area is 180 Å². The first-order valence-electron chi connectivity index (χ1n) is 10.3. The van der Waals surface area contributed by atoms with Crippen LogP contribution in [0.1, 0.15) is 30.3 Å². The van der Waals surface area contributed by atoms with Crippen molar-refractivity contribution in [2.24, 2.45) is 0 Å². The Bertz CT molecular complexity index is 861. The van der Waals surface area contributed by atoms with Gasteiger partial charge in [0.15, 0.2) is 5.76 Å². The van der Waals surface area contributed by atoms with Gasteiger partial charge in [0, 0.05) is 39.1 Å². The molecule has 0 spiro atoms. The summed E-state index contributed by atoms with van der Waals surface area (Å²) in [7, 11) is 0. The van der Waals surface area contributed by atoms with E-state index < -0.39 is 0 Å². The minimum Gasteiger partial charge on any atom is -0.466 e. The molecule has 3 rings (SSSR count). The van der Waals surface area contributed by atoms with Crippen LogP contribution in [-0.2, 0) is 9.53 Å². The average Bonchev–Trinajstić information content (AvgIpc) is 3.33. The molecule has 10 nitrogen and oxygen atoms in total. The molecule has 1 fully saturated rings. The van der Waals surface area contributed by atoms with Crippen molar-refractivity contribution >= 4 is 29.4 Å². The van der Waals surface area contributed by atoms with Crippen LogP contribution in [0.4, 0.5) is 16.3 Å². The van der Waals surface area contributed by atoms with Crippen LogP contribution in [0, 0.1) is 0 Å². The molecular weight excluding hydrogens is 402 g/mol. The smallest absolute Gasteiger partial charge is 0.317 e. The zero-order valence-electron chi connectivity index (χ0n) is 17.5. The maximum Gasteiger partial charge on any atom is 0.317 e. The molecule has 0 unspecified atom stereocenters. The normalized spacial score (nSPS) is 13.6. The van der Waals surface area contributed by atoms with E-state index in [0.29, 0.717) is 57.9 Å². The zero-order valence-corrected chi connectivity index (χ0v) is 17.5. The molecule has 1 saturated heterocycles. The first-order valence-corrected chi connectivity index (χ1v) is 10.3. The van der Waals surface area contributed by atoms with Gasteiger partial charge in [-0.05, 0) is 37.6 Å². The number of rotatable bonds is 8. The van der Waals surface area contributed by atoms with Crippen LogP contribution in [0.25, 0.3) is 0 Å². The van der Waals surface area contributed by atoms with E-state index in [1.165, 1.54) is 6.26 Å².